The van der Waals surface area contributed by atoms with Crippen molar-refractivity contribution in [2.24, 2.45) is 5.92 Å². The fourth-order valence-electron chi connectivity index (χ4n) is 3.50. The van der Waals surface area contributed by atoms with Gasteiger partial charge in [-0.3, -0.25) is 14.7 Å². The number of fused-ring (bicyclic) bond motifs is 4. The lowest BCUT2D eigenvalue weighted by molar-refractivity contribution is -0.127. The van der Waals surface area contributed by atoms with Gasteiger partial charge in [-0.1, -0.05) is 18.2 Å². The first-order chi connectivity index (χ1) is 10.6. The minimum atomic E-state index is -1.36. The van der Waals surface area contributed by atoms with Crippen LogP contribution in [0.1, 0.15) is 16.8 Å². The van der Waals surface area contributed by atoms with E-state index in [0.29, 0.717) is 28.3 Å². The van der Waals surface area contributed by atoms with Crippen LogP contribution in [0.5, 0.6) is 0 Å². The SMILES string of the molecule is Cc1[nH]nc2c1[C@@]1(C(=O)Nc3ccccc31)[C@@H](C#N)C(=O)N2. The molecular weight excluding hydrogens is 282 g/mol. The molecule has 7 nitrogen and oxygen atoms in total. The first-order valence-corrected chi connectivity index (χ1v) is 6.77. The van der Waals surface area contributed by atoms with Gasteiger partial charge in [-0.05, 0) is 18.6 Å². The van der Waals surface area contributed by atoms with Crippen molar-refractivity contribution >= 4 is 23.3 Å². The molecule has 3 heterocycles. The van der Waals surface area contributed by atoms with E-state index in [4.69, 9.17) is 0 Å². The summed E-state index contributed by atoms with van der Waals surface area (Å²) in [5, 5.41) is 21.8. The highest BCUT2D eigenvalue weighted by Gasteiger charge is 2.61. The van der Waals surface area contributed by atoms with Crippen molar-refractivity contribution in [2.75, 3.05) is 10.6 Å². The number of rotatable bonds is 0. The minimum Gasteiger partial charge on any atom is -0.325 e. The van der Waals surface area contributed by atoms with Gasteiger partial charge in [-0.15, -0.1) is 0 Å². The van der Waals surface area contributed by atoms with Crippen molar-refractivity contribution in [1.82, 2.24) is 10.2 Å². The Morgan fingerprint density at radius 1 is 1.27 bits per heavy atom. The van der Waals surface area contributed by atoms with E-state index in [0.717, 1.165) is 0 Å². The predicted octanol–water partition coefficient (Wildman–Crippen LogP) is 1.05. The minimum absolute atomic E-state index is 0.306. The van der Waals surface area contributed by atoms with Crippen LogP contribution in [-0.2, 0) is 15.0 Å². The first kappa shape index (κ1) is 12.6. The van der Waals surface area contributed by atoms with Crippen LogP contribution in [0, 0.1) is 24.2 Å². The number of anilines is 2. The highest BCUT2D eigenvalue weighted by Crippen LogP contribution is 2.52. The van der Waals surface area contributed by atoms with Gasteiger partial charge in [0.1, 0.15) is 11.3 Å². The van der Waals surface area contributed by atoms with Crippen molar-refractivity contribution < 1.29 is 9.59 Å². The molecule has 0 fully saturated rings. The Bertz CT molecular complexity index is 878. The third-order valence-corrected chi connectivity index (χ3v) is 4.37. The number of aromatic nitrogens is 2. The number of aromatic amines is 1. The van der Waals surface area contributed by atoms with Crippen LogP contribution >= 0.6 is 0 Å². The van der Waals surface area contributed by atoms with E-state index in [2.05, 4.69) is 20.8 Å². The highest BCUT2D eigenvalue weighted by atomic mass is 16.2. The number of amides is 2. The van der Waals surface area contributed by atoms with Gasteiger partial charge in [-0.2, -0.15) is 10.4 Å². The van der Waals surface area contributed by atoms with Crippen LogP contribution in [0.25, 0.3) is 0 Å². The van der Waals surface area contributed by atoms with Gasteiger partial charge in [0.25, 0.3) is 0 Å². The topological polar surface area (TPSA) is 111 Å². The van der Waals surface area contributed by atoms with E-state index < -0.39 is 17.2 Å². The van der Waals surface area contributed by atoms with Gasteiger partial charge < -0.3 is 10.6 Å². The molecule has 4 rings (SSSR count). The number of para-hydroxylation sites is 1. The Balaban J connectivity index is 2.15. The Hall–Kier alpha value is -3.14. The first-order valence-electron chi connectivity index (χ1n) is 6.77. The summed E-state index contributed by atoms with van der Waals surface area (Å²) in [5.41, 5.74) is 1.10. The van der Waals surface area contributed by atoms with Crippen molar-refractivity contribution in [3.63, 3.8) is 0 Å². The summed E-state index contributed by atoms with van der Waals surface area (Å²) in [7, 11) is 0. The van der Waals surface area contributed by atoms with Gasteiger partial charge in [-0.25, -0.2) is 0 Å². The average molecular weight is 293 g/mol. The lowest BCUT2D eigenvalue weighted by Crippen LogP contribution is -2.51. The number of nitrogens with one attached hydrogen (secondary N) is 3. The molecule has 2 aromatic rings. The predicted molar refractivity (Wildman–Crippen MR) is 76.9 cm³/mol. The van der Waals surface area contributed by atoms with Crippen LogP contribution in [0.4, 0.5) is 11.5 Å². The second kappa shape index (κ2) is 3.95. The second-order valence-corrected chi connectivity index (χ2v) is 5.43. The molecule has 0 bridgehead atoms. The quantitative estimate of drug-likeness (QED) is 0.674. The zero-order valence-corrected chi connectivity index (χ0v) is 11.6. The second-order valence-electron chi connectivity index (χ2n) is 5.43. The maximum Gasteiger partial charge on any atom is 0.244 e. The van der Waals surface area contributed by atoms with E-state index in [1.54, 1.807) is 31.2 Å². The number of hydrogen-bond acceptors (Lipinski definition) is 4. The number of carbonyl (C=O) groups excluding carboxylic acids is 2. The molecule has 0 aliphatic carbocycles. The summed E-state index contributed by atoms with van der Waals surface area (Å²) in [6, 6.07) is 9.12. The number of nitrogens with zero attached hydrogens (tertiary/aromatic N) is 2. The third-order valence-electron chi connectivity index (χ3n) is 4.37. The van der Waals surface area contributed by atoms with Gasteiger partial charge in [0.05, 0.1) is 6.07 Å². The summed E-state index contributed by atoms with van der Waals surface area (Å²) < 4.78 is 0. The largest absolute Gasteiger partial charge is 0.325 e. The number of aryl methyl sites for hydroxylation is 1. The summed E-state index contributed by atoms with van der Waals surface area (Å²) in [6.45, 7) is 1.77. The van der Waals surface area contributed by atoms with Gasteiger partial charge in [0.2, 0.25) is 11.8 Å². The smallest absolute Gasteiger partial charge is 0.244 e. The number of carbonyl (C=O) groups is 2. The van der Waals surface area contributed by atoms with Gasteiger partial charge in [0, 0.05) is 16.9 Å². The van der Waals surface area contributed by atoms with E-state index in [9.17, 15) is 14.9 Å². The molecule has 1 spiro atoms. The normalized spacial score (nSPS) is 25.2. The van der Waals surface area contributed by atoms with Crippen LogP contribution in [0.3, 0.4) is 0 Å². The van der Waals surface area contributed by atoms with E-state index in [-0.39, 0.29) is 5.91 Å². The van der Waals surface area contributed by atoms with Crippen LogP contribution in [0.15, 0.2) is 24.3 Å². The molecule has 0 saturated heterocycles. The zero-order chi connectivity index (χ0) is 15.5. The fraction of sp³-hybridized carbons (Fsp3) is 0.200. The summed E-state index contributed by atoms with van der Waals surface area (Å²) >= 11 is 0. The number of nitriles is 1. The third kappa shape index (κ3) is 1.22. The van der Waals surface area contributed by atoms with E-state index in [1.165, 1.54) is 0 Å². The molecule has 22 heavy (non-hydrogen) atoms. The lowest BCUT2D eigenvalue weighted by atomic mass is 9.64. The molecule has 2 amide bonds. The zero-order valence-electron chi connectivity index (χ0n) is 11.6. The number of H-pyrrole nitrogens is 1. The number of benzene rings is 1. The van der Waals surface area contributed by atoms with Crippen molar-refractivity contribution in [1.29, 1.82) is 5.26 Å². The van der Waals surface area contributed by atoms with Gasteiger partial charge in [0.15, 0.2) is 5.82 Å². The summed E-state index contributed by atoms with van der Waals surface area (Å²) in [5.74, 6) is -1.74. The molecule has 0 radical (unpaired) electrons. The molecule has 0 saturated carbocycles. The van der Waals surface area contributed by atoms with Crippen LogP contribution in [0.2, 0.25) is 0 Å². The molecule has 2 atom stereocenters. The molecule has 1 aromatic carbocycles. The average Bonchev–Trinajstić information content (AvgIpc) is 3.00. The molecule has 1 aromatic heterocycles. The Kier molecular flexibility index (Phi) is 2.26. The molecule has 2 aliphatic rings. The van der Waals surface area contributed by atoms with Gasteiger partial charge >= 0.3 is 0 Å². The molecule has 7 heteroatoms. The van der Waals surface area contributed by atoms with E-state index in [1.807, 2.05) is 6.07 Å². The Morgan fingerprint density at radius 3 is 2.82 bits per heavy atom. The lowest BCUT2D eigenvalue weighted by Gasteiger charge is -2.35. The van der Waals surface area contributed by atoms with Crippen molar-refractivity contribution in [2.45, 2.75) is 12.3 Å². The molecule has 2 aliphatic heterocycles. The fourth-order valence-corrected chi connectivity index (χ4v) is 3.50. The molecule has 3 N–H and O–H groups in total. The maximum absolute atomic E-state index is 12.9. The summed E-state index contributed by atoms with van der Waals surface area (Å²) in [6.07, 6.45) is 0. The Morgan fingerprint density at radius 2 is 2.05 bits per heavy atom. The van der Waals surface area contributed by atoms with Crippen LogP contribution in [-0.4, -0.2) is 22.0 Å². The molecule has 0 unspecified atom stereocenters. The Labute approximate surface area is 125 Å². The standard InChI is InChI=1S/C15H11N5O2/c1-7-11-12(20-19-7)18-13(21)9(6-16)15(11)8-4-2-3-5-10(8)17-14(15)22/h2-5,9H,1H3,(H,17,22)(H2,18,19,20,21)/t9-,15-/m0/s1. The monoisotopic (exact) mass is 293 g/mol. The van der Waals surface area contributed by atoms with E-state index >= 15 is 0 Å². The molecule has 108 valence electrons. The maximum atomic E-state index is 12.9. The molecular formula is C15H11N5O2. The van der Waals surface area contributed by atoms with Crippen molar-refractivity contribution in [3.8, 4) is 6.07 Å². The van der Waals surface area contributed by atoms with Crippen LogP contribution < -0.4 is 10.6 Å². The number of hydrogen-bond donors (Lipinski definition) is 3. The van der Waals surface area contributed by atoms with Crippen molar-refractivity contribution in [3.05, 3.63) is 41.1 Å². The highest BCUT2D eigenvalue weighted by molar-refractivity contribution is 6.16. The summed E-state index contributed by atoms with van der Waals surface area (Å²) in [4.78, 5) is 25.2.